The standard InChI is InChI=1S/C15H24N2/c1-4-13(5-2)16-9-14-8-11(3)15(10-17-14)12-6-7-12/h8,10,12-13,16H,4-7,9H2,1-3H3. The van der Waals surface area contributed by atoms with Crippen LogP contribution in [0.5, 0.6) is 0 Å². The third-order valence-electron chi connectivity index (χ3n) is 3.78. The van der Waals surface area contributed by atoms with Gasteiger partial charge in [0, 0.05) is 18.8 Å². The van der Waals surface area contributed by atoms with Crippen molar-refractivity contribution in [1.82, 2.24) is 10.3 Å². The molecule has 0 aromatic carbocycles. The lowest BCUT2D eigenvalue weighted by molar-refractivity contribution is 0.480. The normalized spacial score (nSPS) is 15.5. The van der Waals surface area contributed by atoms with Crippen molar-refractivity contribution in [1.29, 1.82) is 0 Å². The predicted molar refractivity (Wildman–Crippen MR) is 72.2 cm³/mol. The summed E-state index contributed by atoms with van der Waals surface area (Å²) in [7, 11) is 0. The van der Waals surface area contributed by atoms with Gasteiger partial charge in [0.25, 0.3) is 0 Å². The van der Waals surface area contributed by atoms with Gasteiger partial charge in [-0.1, -0.05) is 13.8 Å². The van der Waals surface area contributed by atoms with Crippen molar-refractivity contribution in [2.45, 2.75) is 65.0 Å². The van der Waals surface area contributed by atoms with Gasteiger partial charge in [0.05, 0.1) is 5.69 Å². The maximum atomic E-state index is 4.58. The lowest BCUT2D eigenvalue weighted by Gasteiger charge is -2.14. The second-order valence-corrected chi connectivity index (χ2v) is 5.20. The molecule has 1 aliphatic carbocycles. The molecule has 1 heterocycles. The van der Waals surface area contributed by atoms with E-state index < -0.39 is 0 Å². The Kier molecular flexibility index (Phi) is 4.16. The minimum Gasteiger partial charge on any atom is -0.308 e. The quantitative estimate of drug-likeness (QED) is 0.811. The van der Waals surface area contributed by atoms with Crippen LogP contribution >= 0.6 is 0 Å². The van der Waals surface area contributed by atoms with Crippen LogP contribution in [0.4, 0.5) is 0 Å². The van der Waals surface area contributed by atoms with Gasteiger partial charge in [-0.15, -0.1) is 0 Å². The van der Waals surface area contributed by atoms with Crippen LogP contribution in [-0.2, 0) is 6.54 Å². The van der Waals surface area contributed by atoms with Crippen molar-refractivity contribution in [2.75, 3.05) is 0 Å². The van der Waals surface area contributed by atoms with Gasteiger partial charge in [-0.05, 0) is 55.7 Å². The molecule has 1 aromatic rings. The van der Waals surface area contributed by atoms with Gasteiger partial charge in [-0.3, -0.25) is 4.98 Å². The molecular formula is C15H24N2. The van der Waals surface area contributed by atoms with Crippen molar-refractivity contribution in [3.05, 3.63) is 29.1 Å². The molecule has 0 bridgehead atoms. The third-order valence-corrected chi connectivity index (χ3v) is 3.78. The van der Waals surface area contributed by atoms with Crippen LogP contribution < -0.4 is 5.32 Å². The summed E-state index contributed by atoms with van der Waals surface area (Å²) in [6.45, 7) is 7.58. The van der Waals surface area contributed by atoms with E-state index in [-0.39, 0.29) is 0 Å². The molecule has 0 saturated heterocycles. The van der Waals surface area contributed by atoms with Crippen LogP contribution in [-0.4, -0.2) is 11.0 Å². The number of aryl methyl sites for hydroxylation is 1. The summed E-state index contributed by atoms with van der Waals surface area (Å²) in [5, 5.41) is 3.56. The second kappa shape index (κ2) is 5.63. The number of pyridine rings is 1. The van der Waals surface area contributed by atoms with E-state index >= 15 is 0 Å². The Morgan fingerprint density at radius 1 is 1.35 bits per heavy atom. The van der Waals surface area contributed by atoms with E-state index in [9.17, 15) is 0 Å². The fourth-order valence-corrected chi connectivity index (χ4v) is 2.37. The van der Waals surface area contributed by atoms with Gasteiger partial charge >= 0.3 is 0 Å². The van der Waals surface area contributed by atoms with Gasteiger partial charge in [0.15, 0.2) is 0 Å². The molecule has 1 aromatic heterocycles. The van der Waals surface area contributed by atoms with Crippen LogP contribution in [0.25, 0.3) is 0 Å². The highest BCUT2D eigenvalue weighted by Gasteiger charge is 2.25. The highest BCUT2D eigenvalue weighted by molar-refractivity contribution is 5.31. The maximum absolute atomic E-state index is 4.58. The van der Waals surface area contributed by atoms with Crippen molar-refractivity contribution in [2.24, 2.45) is 0 Å². The van der Waals surface area contributed by atoms with Gasteiger partial charge < -0.3 is 5.32 Å². The van der Waals surface area contributed by atoms with Gasteiger partial charge in [0.2, 0.25) is 0 Å². The Labute approximate surface area is 105 Å². The summed E-state index contributed by atoms with van der Waals surface area (Å²) in [5.74, 6) is 0.809. The second-order valence-electron chi connectivity index (χ2n) is 5.20. The first-order chi connectivity index (χ1) is 8.24. The van der Waals surface area contributed by atoms with E-state index in [0.717, 1.165) is 12.5 Å². The summed E-state index contributed by atoms with van der Waals surface area (Å²) in [6, 6.07) is 2.88. The summed E-state index contributed by atoms with van der Waals surface area (Å²) in [4.78, 5) is 4.58. The Morgan fingerprint density at radius 2 is 2.06 bits per heavy atom. The minimum absolute atomic E-state index is 0.625. The molecule has 1 aliphatic rings. The molecule has 1 N–H and O–H groups in total. The highest BCUT2D eigenvalue weighted by Crippen LogP contribution is 2.41. The van der Waals surface area contributed by atoms with Crippen molar-refractivity contribution >= 4 is 0 Å². The monoisotopic (exact) mass is 232 g/mol. The Bertz CT molecular complexity index is 365. The molecule has 0 unspecified atom stereocenters. The highest BCUT2D eigenvalue weighted by atomic mass is 14.9. The fraction of sp³-hybridized carbons (Fsp3) is 0.667. The molecule has 1 fully saturated rings. The van der Waals surface area contributed by atoms with Crippen LogP contribution in [0.2, 0.25) is 0 Å². The molecule has 2 nitrogen and oxygen atoms in total. The third kappa shape index (κ3) is 3.29. The van der Waals surface area contributed by atoms with Crippen molar-refractivity contribution in [3.8, 4) is 0 Å². The largest absolute Gasteiger partial charge is 0.308 e. The van der Waals surface area contributed by atoms with Crippen LogP contribution in [0, 0.1) is 6.92 Å². The predicted octanol–water partition coefficient (Wildman–Crippen LogP) is 3.55. The smallest absolute Gasteiger partial charge is 0.0544 e. The average Bonchev–Trinajstić information content (AvgIpc) is 3.15. The van der Waals surface area contributed by atoms with Crippen LogP contribution in [0.1, 0.15) is 62.3 Å². The molecule has 2 heteroatoms. The molecule has 0 spiro atoms. The van der Waals surface area contributed by atoms with E-state index in [0.29, 0.717) is 6.04 Å². The topological polar surface area (TPSA) is 24.9 Å². The molecule has 0 amide bonds. The van der Waals surface area contributed by atoms with Crippen LogP contribution in [0.15, 0.2) is 12.3 Å². The zero-order valence-corrected chi connectivity index (χ0v) is 11.3. The maximum Gasteiger partial charge on any atom is 0.0544 e. The Morgan fingerprint density at radius 3 is 2.59 bits per heavy atom. The van der Waals surface area contributed by atoms with E-state index in [1.807, 2.05) is 0 Å². The SMILES string of the molecule is CCC(CC)NCc1cc(C)c(C2CC2)cn1. The molecule has 0 radical (unpaired) electrons. The number of hydrogen-bond donors (Lipinski definition) is 1. The number of aromatic nitrogens is 1. The number of nitrogens with zero attached hydrogens (tertiary/aromatic N) is 1. The molecular weight excluding hydrogens is 208 g/mol. The average molecular weight is 232 g/mol. The Balaban J connectivity index is 1.95. The molecule has 0 aliphatic heterocycles. The van der Waals surface area contributed by atoms with Gasteiger partial charge in [-0.2, -0.15) is 0 Å². The van der Waals surface area contributed by atoms with Crippen LogP contribution in [0.3, 0.4) is 0 Å². The van der Waals surface area contributed by atoms with Crippen molar-refractivity contribution < 1.29 is 0 Å². The van der Waals surface area contributed by atoms with Crippen molar-refractivity contribution in [3.63, 3.8) is 0 Å². The van der Waals surface area contributed by atoms with E-state index in [2.05, 4.69) is 43.3 Å². The first-order valence-electron chi connectivity index (χ1n) is 6.93. The summed E-state index contributed by atoms with van der Waals surface area (Å²) in [6.07, 6.45) is 7.18. The molecule has 2 rings (SSSR count). The van der Waals surface area contributed by atoms with Gasteiger partial charge in [0.1, 0.15) is 0 Å². The summed E-state index contributed by atoms with van der Waals surface area (Å²) in [5.41, 5.74) is 4.07. The lowest BCUT2D eigenvalue weighted by atomic mass is 10.1. The van der Waals surface area contributed by atoms with Gasteiger partial charge in [-0.25, -0.2) is 0 Å². The Hall–Kier alpha value is -0.890. The number of nitrogens with one attached hydrogen (secondary N) is 1. The van der Waals surface area contributed by atoms with E-state index in [4.69, 9.17) is 0 Å². The number of rotatable bonds is 6. The summed E-state index contributed by atoms with van der Waals surface area (Å²) < 4.78 is 0. The minimum atomic E-state index is 0.625. The number of hydrogen-bond acceptors (Lipinski definition) is 2. The molecule has 94 valence electrons. The molecule has 17 heavy (non-hydrogen) atoms. The zero-order chi connectivity index (χ0) is 12.3. The molecule has 1 saturated carbocycles. The van der Waals surface area contributed by atoms with E-state index in [1.165, 1.54) is 42.5 Å². The lowest BCUT2D eigenvalue weighted by Crippen LogP contribution is -2.27. The first-order valence-corrected chi connectivity index (χ1v) is 6.93. The molecule has 0 atom stereocenters. The zero-order valence-electron chi connectivity index (χ0n) is 11.3. The summed E-state index contributed by atoms with van der Waals surface area (Å²) >= 11 is 0. The van der Waals surface area contributed by atoms with E-state index in [1.54, 1.807) is 0 Å². The fourth-order valence-electron chi connectivity index (χ4n) is 2.37. The first kappa shape index (κ1) is 12.6.